The minimum Gasteiger partial charge on any atom is -0.466 e. The SMILES string of the molecule is CCC=CCC=CCC=CCC=CCC=CCC=CCCC(=O)NCCN(C)CCNC(=O)C=CC(=O)OC. The van der Waals surface area contributed by atoms with Crippen LogP contribution in [0.4, 0.5) is 0 Å². The molecule has 0 aromatic rings. The average molecular weight is 540 g/mol. The molecule has 0 saturated heterocycles. The second-order valence-electron chi connectivity index (χ2n) is 8.75. The standard InChI is InChI=1S/C32H49N3O4/c1-4-5-6-7-8-9-10-11-12-13-14-15-16-17-18-19-20-21-22-23-30(36)33-26-28-35(2)29-27-34-31(37)24-25-32(38)39-3/h5-6,8-9,11-12,14-15,17-18,20-21,24-25H,4,7,10,13,16,19,22-23,26-29H2,1-3H3,(H,33,36)(H,34,37). The van der Waals surface area contributed by atoms with E-state index in [1.165, 1.54) is 7.11 Å². The van der Waals surface area contributed by atoms with E-state index in [0.29, 0.717) is 32.6 Å². The highest BCUT2D eigenvalue weighted by Crippen LogP contribution is 1.98. The fourth-order valence-electron chi connectivity index (χ4n) is 3.08. The zero-order valence-corrected chi connectivity index (χ0v) is 24.1. The minimum atomic E-state index is -0.571. The first-order chi connectivity index (χ1) is 19.0. The van der Waals surface area contributed by atoms with Crippen molar-refractivity contribution in [2.45, 2.75) is 58.3 Å². The Bertz CT molecular complexity index is 867. The molecule has 0 spiro atoms. The first kappa shape index (κ1) is 35.5. The molecule has 0 saturated carbocycles. The molecule has 0 radical (unpaired) electrons. The highest BCUT2D eigenvalue weighted by Gasteiger charge is 2.03. The lowest BCUT2D eigenvalue weighted by atomic mass is 10.2. The largest absolute Gasteiger partial charge is 0.466 e. The second kappa shape index (κ2) is 27.6. The molecule has 39 heavy (non-hydrogen) atoms. The van der Waals surface area contributed by atoms with Gasteiger partial charge in [-0.25, -0.2) is 4.79 Å². The lowest BCUT2D eigenvalue weighted by Crippen LogP contribution is -2.37. The number of esters is 1. The van der Waals surface area contributed by atoms with Gasteiger partial charge in [-0.1, -0.05) is 79.8 Å². The van der Waals surface area contributed by atoms with Gasteiger partial charge in [0.05, 0.1) is 7.11 Å². The van der Waals surface area contributed by atoms with Gasteiger partial charge in [0.1, 0.15) is 0 Å². The maximum Gasteiger partial charge on any atom is 0.330 e. The number of amides is 2. The van der Waals surface area contributed by atoms with Gasteiger partial charge in [0.2, 0.25) is 11.8 Å². The van der Waals surface area contributed by atoms with Crippen LogP contribution in [0.15, 0.2) is 85.1 Å². The van der Waals surface area contributed by atoms with Crippen LogP contribution in [0.2, 0.25) is 0 Å². The third kappa shape index (κ3) is 27.4. The Morgan fingerprint density at radius 1 is 0.667 bits per heavy atom. The first-order valence-electron chi connectivity index (χ1n) is 13.9. The van der Waals surface area contributed by atoms with E-state index in [0.717, 1.165) is 57.1 Å². The van der Waals surface area contributed by atoms with Crippen molar-refractivity contribution in [2.24, 2.45) is 0 Å². The Balaban J connectivity index is 3.70. The molecule has 0 unspecified atom stereocenters. The van der Waals surface area contributed by atoms with Crippen molar-refractivity contribution in [3.8, 4) is 0 Å². The molecule has 0 atom stereocenters. The molecule has 2 N–H and O–H groups in total. The smallest absolute Gasteiger partial charge is 0.330 e. The number of nitrogens with one attached hydrogen (secondary N) is 2. The van der Waals surface area contributed by atoms with Crippen LogP contribution >= 0.6 is 0 Å². The van der Waals surface area contributed by atoms with E-state index in [9.17, 15) is 14.4 Å². The molecule has 0 aliphatic rings. The number of carbonyl (C=O) groups is 3. The summed E-state index contributed by atoms with van der Waals surface area (Å²) >= 11 is 0. The van der Waals surface area contributed by atoms with Crippen molar-refractivity contribution >= 4 is 17.8 Å². The molecule has 216 valence electrons. The van der Waals surface area contributed by atoms with E-state index in [-0.39, 0.29) is 11.8 Å². The number of allylic oxidation sites excluding steroid dienone is 12. The number of ether oxygens (including phenoxy) is 1. The zero-order valence-electron chi connectivity index (χ0n) is 24.1. The molecule has 0 aliphatic carbocycles. The summed E-state index contributed by atoms with van der Waals surface area (Å²) in [7, 11) is 3.17. The molecule has 0 aromatic heterocycles. The van der Waals surface area contributed by atoms with Crippen LogP contribution in [0.25, 0.3) is 0 Å². The van der Waals surface area contributed by atoms with E-state index >= 15 is 0 Å². The number of carbonyl (C=O) groups excluding carboxylic acids is 3. The maximum absolute atomic E-state index is 12.0. The normalized spacial score (nSPS) is 12.5. The summed E-state index contributed by atoms with van der Waals surface area (Å²) in [6, 6.07) is 0. The summed E-state index contributed by atoms with van der Waals surface area (Å²) in [4.78, 5) is 36.5. The summed E-state index contributed by atoms with van der Waals surface area (Å²) in [5.41, 5.74) is 0. The van der Waals surface area contributed by atoms with Gasteiger partial charge in [-0.2, -0.15) is 0 Å². The highest BCUT2D eigenvalue weighted by atomic mass is 16.5. The molecule has 0 aliphatic heterocycles. The Kier molecular flexibility index (Phi) is 25.1. The highest BCUT2D eigenvalue weighted by molar-refractivity contribution is 5.94. The number of hydrogen-bond acceptors (Lipinski definition) is 5. The van der Waals surface area contributed by atoms with Crippen LogP contribution in [0.3, 0.4) is 0 Å². The molecule has 0 rings (SSSR count). The number of likely N-dealkylation sites (N-methyl/N-ethyl adjacent to an activating group) is 1. The van der Waals surface area contributed by atoms with Crippen LogP contribution in [0.1, 0.15) is 58.3 Å². The van der Waals surface area contributed by atoms with E-state index in [2.05, 4.69) is 89.1 Å². The van der Waals surface area contributed by atoms with Gasteiger partial charge < -0.3 is 20.3 Å². The minimum absolute atomic E-state index is 0.0316. The lowest BCUT2D eigenvalue weighted by Gasteiger charge is -2.16. The molecular weight excluding hydrogens is 490 g/mol. The fourth-order valence-corrected chi connectivity index (χ4v) is 3.08. The summed E-state index contributed by atoms with van der Waals surface area (Å²) < 4.78 is 4.43. The Labute approximate surface area is 236 Å². The van der Waals surface area contributed by atoms with Crippen molar-refractivity contribution in [3.05, 3.63) is 85.1 Å². The topological polar surface area (TPSA) is 87.7 Å². The van der Waals surface area contributed by atoms with Gasteiger partial charge >= 0.3 is 5.97 Å². The molecule has 0 heterocycles. The van der Waals surface area contributed by atoms with Crippen molar-refractivity contribution in [1.29, 1.82) is 0 Å². The van der Waals surface area contributed by atoms with Crippen LogP contribution in [0, 0.1) is 0 Å². The number of rotatable bonds is 22. The van der Waals surface area contributed by atoms with Gasteiger partial charge in [0.25, 0.3) is 0 Å². The van der Waals surface area contributed by atoms with Gasteiger partial charge in [0.15, 0.2) is 0 Å². The molecule has 7 heteroatoms. The first-order valence-corrected chi connectivity index (χ1v) is 13.9. The number of methoxy groups -OCH3 is 1. The third-order valence-electron chi connectivity index (χ3n) is 5.32. The van der Waals surface area contributed by atoms with Crippen molar-refractivity contribution in [1.82, 2.24) is 15.5 Å². The summed E-state index contributed by atoms with van der Waals surface area (Å²) in [6.45, 7) is 4.45. The average Bonchev–Trinajstić information content (AvgIpc) is 2.92. The third-order valence-corrected chi connectivity index (χ3v) is 5.32. The van der Waals surface area contributed by atoms with E-state index < -0.39 is 5.97 Å². The molecule has 2 amide bonds. The monoisotopic (exact) mass is 539 g/mol. The van der Waals surface area contributed by atoms with Crippen molar-refractivity contribution in [2.75, 3.05) is 40.3 Å². The van der Waals surface area contributed by atoms with Gasteiger partial charge in [-0.05, 0) is 52.0 Å². The van der Waals surface area contributed by atoms with Crippen LogP contribution in [-0.2, 0) is 19.1 Å². The van der Waals surface area contributed by atoms with E-state index in [1.54, 1.807) is 0 Å². The fraction of sp³-hybridized carbons (Fsp3) is 0.469. The Morgan fingerprint density at radius 3 is 1.62 bits per heavy atom. The van der Waals surface area contributed by atoms with E-state index in [4.69, 9.17) is 0 Å². The van der Waals surface area contributed by atoms with Gasteiger partial charge in [-0.15, -0.1) is 0 Å². The summed E-state index contributed by atoms with van der Waals surface area (Å²) in [6.07, 6.45) is 35.3. The number of nitrogens with zero attached hydrogens (tertiary/aromatic N) is 1. The quantitative estimate of drug-likeness (QED) is 0.110. The Morgan fingerprint density at radius 2 is 1.13 bits per heavy atom. The maximum atomic E-state index is 12.0. The molecule has 7 nitrogen and oxygen atoms in total. The zero-order chi connectivity index (χ0) is 28.8. The molecule has 0 aromatic carbocycles. The van der Waals surface area contributed by atoms with Gasteiger partial charge in [-0.3, -0.25) is 9.59 Å². The second-order valence-corrected chi connectivity index (χ2v) is 8.75. The Hall–Kier alpha value is -3.45. The summed E-state index contributed by atoms with van der Waals surface area (Å²) in [5, 5.41) is 5.60. The van der Waals surface area contributed by atoms with Gasteiger partial charge in [0, 0.05) is 44.8 Å². The predicted octanol–water partition coefficient (Wildman–Crippen LogP) is 5.36. The summed E-state index contributed by atoms with van der Waals surface area (Å²) in [5.74, 6) is -0.889. The van der Waals surface area contributed by atoms with E-state index in [1.807, 2.05) is 18.0 Å². The predicted molar refractivity (Wildman–Crippen MR) is 162 cm³/mol. The molecule has 0 fully saturated rings. The van der Waals surface area contributed by atoms with Crippen molar-refractivity contribution in [3.63, 3.8) is 0 Å². The number of hydrogen-bond donors (Lipinski definition) is 2. The van der Waals surface area contributed by atoms with Crippen molar-refractivity contribution < 1.29 is 19.1 Å². The van der Waals surface area contributed by atoms with Crippen LogP contribution in [-0.4, -0.2) is 63.0 Å². The van der Waals surface area contributed by atoms with Crippen LogP contribution in [0.5, 0.6) is 0 Å². The molecule has 0 bridgehead atoms. The lowest BCUT2D eigenvalue weighted by molar-refractivity contribution is -0.135. The van der Waals surface area contributed by atoms with Crippen LogP contribution < -0.4 is 10.6 Å². The molecular formula is C32H49N3O4.